The Kier molecular flexibility index (Phi) is 3.64. The first-order valence-corrected chi connectivity index (χ1v) is 6.78. The summed E-state index contributed by atoms with van der Waals surface area (Å²) in [5.74, 6) is 0. The van der Waals surface area contributed by atoms with Crippen molar-refractivity contribution in [3.8, 4) is 0 Å². The molecule has 92 valence electrons. The Balaban J connectivity index is 2.38. The van der Waals surface area contributed by atoms with Crippen LogP contribution in [0.15, 0.2) is 17.6 Å². The Hall–Kier alpha value is -1.13. The minimum Gasteiger partial charge on any atom is -0.306 e. The molecule has 2 rings (SSSR count). The van der Waals surface area contributed by atoms with Crippen molar-refractivity contribution < 1.29 is 0 Å². The van der Waals surface area contributed by atoms with Gasteiger partial charge in [0.2, 0.25) is 0 Å². The van der Waals surface area contributed by atoms with Crippen LogP contribution in [0, 0.1) is 13.8 Å². The van der Waals surface area contributed by atoms with Gasteiger partial charge in [-0.15, -0.1) is 11.3 Å². The summed E-state index contributed by atoms with van der Waals surface area (Å²) in [6.07, 6.45) is 2.11. The van der Waals surface area contributed by atoms with E-state index in [1.54, 1.807) is 11.3 Å². The van der Waals surface area contributed by atoms with Gasteiger partial charge in [-0.2, -0.15) is 5.10 Å². The van der Waals surface area contributed by atoms with Crippen molar-refractivity contribution in [3.63, 3.8) is 0 Å². The average Bonchev–Trinajstić information content (AvgIpc) is 2.82. The quantitative estimate of drug-likeness (QED) is 0.903. The van der Waals surface area contributed by atoms with Crippen molar-refractivity contribution in [3.05, 3.63) is 39.3 Å². The van der Waals surface area contributed by atoms with Crippen LogP contribution >= 0.6 is 11.3 Å². The topological polar surface area (TPSA) is 29.9 Å². The van der Waals surface area contributed by atoms with Gasteiger partial charge in [-0.1, -0.05) is 6.92 Å². The largest absolute Gasteiger partial charge is 0.306 e. The smallest absolute Gasteiger partial charge is 0.0644 e. The lowest BCUT2D eigenvalue weighted by Gasteiger charge is -2.16. The van der Waals surface area contributed by atoms with E-state index < -0.39 is 0 Å². The molecule has 17 heavy (non-hydrogen) atoms. The number of aromatic nitrogens is 2. The van der Waals surface area contributed by atoms with Gasteiger partial charge in [0.05, 0.1) is 11.7 Å². The van der Waals surface area contributed by atoms with Crippen LogP contribution in [0.2, 0.25) is 0 Å². The molecule has 0 spiro atoms. The molecule has 0 radical (unpaired) electrons. The summed E-state index contributed by atoms with van der Waals surface area (Å²) in [5.41, 5.74) is 3.71. The molecule has 2 aromatic rings. The zero-order chi connectivity index (χ0) is 12.4. The van der Waals surface area contributed by atoms with Crippen LogP contribution in [-0.4, -0.2) is 16.3 Å². The molecular formula is C13H19N3S. The molecule has 2 heterocycles. The van der Waals surface area contributed by atoms with E-state index in [1.807, 2.05) is 11.7 Å². The lowest BCUT2D eigenvalue weighted by Crippen LogP contribution is -2.21. The van der Waals surface area contributed by atoms with Gasteiger partial charge in [-0.25, -0.2) is 0 Å². The van der Waals surface area contributed by atoms with Gasteiger partial charge in [0.25, 0.3) is 0 Å². The van der Waals surface area contributed by atoms with Crippen LogP contribution in [0.25, 0.3) is 0 Å². The number of hydrogen-bond donors (Lipinski definition) is 1. The molecule has 0 aliphatic rings. The van der Waals surface area contributed by atoms with E-state index in [9.17, 15) is 0 Å². The highest BCUT2D eigenvalue weighted by molar-refractivity contribution is 7.10. The van der Waals surface area contributed by atoms with Gasteiger partial charge in [-0.05, 0) is 37.4 Å². The maximum atomic E-state index is 4.43. The first-order chi connectivity index (χ1) is 8.11. The van der Waals surface area contributed by atoms with Gasteiger partial charge in [0.15, 0.2) is 0 Å². The third-order valence-electron chi connectivity index (χ3n) is 2.85. The minimum absolute atomic E-state index is 0.263. The molecule has 2 aromatic heterocycles. The molecule has 0 fully saturated rings. The fourth-order valence-corrected chi connectivity index (χ4v) is 2.86. The van der Waals surface area contributed by atoms with E-state index in [-0.39, 0.29) is 6.04 Å². The Labute approximate surface area is 106 Å². The van der Waals surface area contributed by atoms with Crippen LogP contribution in [0.4, 0.5) is 0 Å². The molecule has 0 amide bonds. The van der Waals surface area contributed by atoms with Gasteiger partial charge in [0, 0.05) is 23.7 Å². The molecular weight excluding hydrogens is 230 g/mol. The molecule has 0 aromatic carbocycles. The molecule has 1 unspecified atom stereocenters. The van der Waals surface area contributed by atoms with E-state index in [0.29, 0.717) is 0 Å². The lowest BCUT2D eigenvalue weighted by atomic mass is 10.0. The third-order valence-corrected chi connectivity index (χ3v) is 3.73. The SMILES string of the molecule is CCNC(c1csc(C)c1)c1cn(C)nc1C. The Bertz CT molecular complexity index is 498. The first kappa shape index (κ1) is 12.3. The second-order valence-electron chi connectivity index (χ2n) is 4.32. The Morgan fingerprint density at radius 1 is 1.47 bits per heavy atom. The van der Waals surface area contributed by atoms with E-state index in [2.05, 4.69) is 48.8 Å². The summed E-state index contributed by atoms with van der Waals surface area (Å²) >= 11 is 1.80. The summed E-state index contributed by atoms with van der Waals surface area (Å²) in [4.78, 5) is 1.35. The summed E-state index contributed by atoms with van der Waals surface area (Å²) in [6, 6.07) is 2.52. The zero-order valence-electron chi connectivity index (χ0n) is 10.8. The van der Waals surface area contributed by atoms with Crippen molar-refractivity contribution in [1.82, 2.24) is 15.1 Å². The highest BCUT2D eigenvalue weighted by Gasteiger charge is 2.18. The number of thiophene rings is 1. The van der Waals surface area contributed by atoms with Crippen LogP contribution < -0.4 is 5.32 Å². The van der Waals surface area contributed by atoms with E-state index in [1.165, 1.54) is 16.0 Å². The van der Waals surface area contributed by atoms with Crippen LogP contribution in [-0.2, 0) is 7.05 Å². The molecule has 0 saturated heterocycles. The number of aryl methyl sites for hydroxylation is 3. The highest BCUT2D eigenvalue weighted by atomic mass is 32.1. The van der Waals surface area contributed by atoms with Crippen LogP contribution in [0.1, 0.15) is 34.7 Å². The predicted molar refractivity (Wildman–Crippen MR) is 72.5 cm³/mol. The predicted octanol–water partition coefficient (Wildman–Crippen LogP) is 2.80. The van der Waals surface area contributed by atoms with E-state index in [0.717, 1.165) is 12.2 Å². The van der Waals surface area contributed by atoms with Crippen molar-refractivity contribution in [1.29, 1.82) is 0 Å². The second kappa shape index (κ2) is 5.02. The third kappa shape index (κ3) is 2.58. The van der Waals surface area contributed by atoms with E-state index in [4.69, 9.17) is 0 Å². The molecule has 4 heteroatoms. The maximum Gasteiger partial charge on any atom is 0.0644 e. The first-order valence-electron chi connectivity index (χ1n) is 5.90. The van der Waals surface area contributed by atoms with Crippen molar-refractivity contribution in [2.45, 2.75) is 26.8 Å². The number of rotatable bonds is 4. The van der Waals surface area contributed by atoms with Crippen molar-refractivity contribution >= 4 is 11.3 Å². The summed E-state index contributed by atoms with van der Waals surface area (Å²) in [5, 5.41) is 10.2. The van der Waals surface area contributed by atoms with Crippen LogP contribution in [0.5, 0.6) is 0 Å². The molecule has 1 atom stereocenters. The molecule has 0 aliphatic carbocycles. The van der Waals surface area contributed by atoms with E-state index >= 15 is 0 Å². The molecule has 0 saturated carbocycles. The number of nitrogens with zero attached hydrogens (tertiary/aromatic N) is 2. The van der Waals surface area contributed by atoms with Crippen molar-refractivity contribution in [2.24, 2.45) is 7.05 Å². The fraction of sp³-hybridized carbons (Fsp3) is 0.462. The fourth-order valence-electron chi connectivity index (χ4n) is 2.13. The number of nitrogens with one attached hydrogen (secondary N) is 1. The lowest BCUT2D eigenvalue weighted by molar-refractivity contribution is 0.629. The summed E-state index contributed by atoms with van der Waals surface area (Å²) < 4.78 is 1.88. The molecule has 3 nitrogen and oxygen atoms in total. The number of hydrogen-bond acceptors (Lipinski definition) is 3. The minimum atomic E-state index is 0.263. The van der Waals surface area contributed by atoms with Gasteiger partial charge >= 0.3 is 0 Å². The van der Waals surface area contributed by atoms with Gasteiger partial charge in [0.1, 0.15) is 0 Å². The molecule has 0 bridgehead atoms. The summed E-state index contributed by atoms with van der Waals surface area (Å²) in [6.45, 7) is 7.30. The monoisotopic (exact) mass is 249 g/mol. The Morgan fingerprint density at radius 2 is 2.24 bits per heavy atom. The standard InChI is InChI=1S/C13H19N3S/c1-5-14-13(11-6-9(2)17-8-11)12-7-16(4)15-10(12)3/h6-8,13-14H,5H2,1-4H3. The highest BCUT2D eigenvalue weighted by Crippen LogP contribution is 2.27. The molecule has 0 aliphatic heterocycles. The van der Waals surface area contributed by atoms with Gasteiger partial charge in [-0.3, -0.25) is 4.68 Å². The second-order valence-corrected chi connectivity index (χ2v) is 5.44. The molecule has 1 N–H and O–H groups in total. The summed E-state index contributed by atoms with van der Waals surface area (Å²) in [7, 11) is 1.97. The van der Waals surface area contributed by atoms with Gasteiger partial charge < -0.3 is 5.32 Å². The van der Waals surface area contributed by atoms with Crippen LogP contribution in [0.3, 0.4) is 0 Å². The normalized spacial score (nSPS) is 12.9. The van der Waals surface area contributed by atoms with Crippen molar-refractivity contribution in [2.75, 3.05) is 6.54 Å². The maximum absolute atomic E-state index is 4.43. The average molecular weight is 249 g/mol. The Morgan fingerprint density at radius 3 is 2.71 bits per heavy atom. The zero-order valence-corrected chi connectivity index (χ0v) is 11.6.